The third-order valence-electron chi connectivity index (χ3n) is 5.29. The lowest BCUT2D eigenvalue weighted by Crippen LogP contribution is -2.11. The maximum Gasteiger partial charge on any atom is 0.118 e. The predicted molar refractivity (Wildman–Crippen MR) is 103 cm³/mol. The molecule has 0 radical (unpaired) electrons. The highest BCUT2D eigenvalue weighted by atomic mass is 16.5. The maximum atomic E-state index is 5.26. The fraction of sp³-hybridized carbons (Fsp3) is 0.364. The molecule has 3 heteroatoms. The van der Waals surface area contributed by atoms with Crippen LogP contribution in [-0.2, 0) is 25.9 Å². The second-order valence-electron chi connectivity index (χ2n) is 6.98. The summed E-state index contributed by atoms with van der Waals surface area (Å²) in [6.07, 6.45) is 3.42. The van der Waals surface area contributed by atoms with E-state index in [0.29, 0.717) is 0 Å². The fourth-order valence-electron chi connectivity index (χ4n) is 3.96. The first-order valence-corrected chi connectivity index (χ1v) is 9.20. The van der Waals surface area contributed by atoms with Gasteiger partial charge in [-0.15, -0.1) is 0 Å². The van der Waals surface area contributed by atoms with Crippen molar-refractivity contribution in [3.63, 3.8) is 0 Å². The van der Waals surface area contributed by atoms with Gasteiger partial charge in [0.1, 0.15) is 5.75 Å². The van der Waals surface area contributed by atoms with E-state index in [2.05, 4.69) is 59.3 Å². The number of aryl methyl sites for hydroxylation is 3. The molecule has 130 valence electrons. The summed E-state index contributed by atoms with van der Waals surface area (Å²) in [6.45, 7) is 5.32. The Labute approximate surface area is 149 Å². The van der Waals surface area contributed by atoms with Gasteiger partial charge in [0.2, 0.25) is 0 Å². The number of fused-ring (bicyclic) bond motifs is 3. The molecule has 0 bridgehead atoms. The minimum atomic E-state index is 0.922. The number of hydrogen-bond acceptors (Lipinski definition) is 2. The molecule has 0 atom stereocenters. The topological polar surface area (TPSA) is 26.2 Å². The van der Waals surface area contributed by atoms with Gasteiger partial charge in [-0.2, -0.15) is 0 Å². The van der Waals surface area contributed by atoms with E-state index in [1.54, 1.807) is 7.11 Å². The molecule has 1 aliphatic heterocycles. The van der Waals surface area contributed by atoms with Crippen LogP contribution in [0.15, 0.2) is 42.5 Å². The van der Waals surface area contributed by atoms with Crippen molar-refractivity contribution >= 4 is 10.9 Å². The summed E-state index contributed by atoms with van der Waals surface area (Å²) < 4.78 is 7.82. The molecule has 25 heavy (non-hydrogen) atoms. The van der Waals surface area contributed by atoms with Crippen molar-refractivity contribution in [1.29, 1.82) is 0 Å². The quantitative estimate of drug-likeness (QED) is 0.772. The number of rotatable bonds is 4. The van der Waals surface area contributed by atoms with Crippen LogP contribution in [0.25, 0.3) is 10.9 Å². The summed E-state index contributed by atoms with van der Waals surface area (Å²) in [4.78, 5) is 0. The summed E-state index contributed by atoms with van der Waals surface area (Å²) in [6, 6.07) is 15.3. The van der Waals surface area contributed by atoms with Crippen LogP contribution in [0.1, 0.15) is 28.8 Å². The summed E-state index contributed by atoms with van der Waals surface area (Å²) in [5.41, 5.74) is 7.11. The minimum Gasteiger partial charge on any atom is -0.497 e. The van der Waals surface area contributed by atoms with E-state index >= 15 is 0 Å². The lowest BCUT2D eigenvalue weighted by molar-refractivity contribution is 0.414. The smallest absolute Gasteiger partial charge is 0.118 e. The van der Waals surface area contributed by atoms with Crippen LogP contribution >= 0.6 is 0 Å². The standard InChI is InChI=1S/C22H26N2O/c1-16-5-10-22-19(14-16)20-15-23-12-3-4-21(20)24(22)13-11-17-6-8-18(25-2)9-7-17/h5-10,14,23H,3-4,11-13,15H2,1-2H3. The van der Waals surface area contributed by atoms with Crippen LogP contribution < -0.4 is 10.1 Å². The zero-order chi connectivity index (χ0) is 17.2. The van der Waals surface area contributed by atoms with Crippen molar-refractivity contribution in [3.8, 4) is 5.75 Å². The number of benzene rings is 2. The molecule has 0 spiro atoms. The lowest BCUT2D eigenvalue weighted by Gasteiger charge is -2.11. The Kier molecular flexibility index (Phi) is 4.50. The molecule has 0 saturated carbocycles. The number of nitrogens with one attached hydrogen (secondary N) is 1. The molecule has 4 rings (SSSR count). The van der Waals surface area contributed by atoms with Crippen molar-refractivity contribution in [2.24, 2.45) is 0 Å². The third kappa shape index (κ3) is 3.16. The summed E-state index contributed by atoms with van der Waals surface area (Å²) >= 11 is 0. The molecule has 2 aromatic carbocycles. The van der Waals surface area contributed by atoms with E-state index in [1.165, 1.54) is 46.1 Å². The highest BCUT2D eigenvalue weighted by Crippen LogP contribution is 2.30. The van der Waals surface area contributed by atoms with Gasteiger partial charge < -0.3 is 14.6 Å². The van der Waals surface area contributed by atoms with Crippen LogP contribution in [-0.4, -0.2) is 18.2 Å². The van der Waals surface area contributed by atoms with Crippen molar-refractivity contribution in [2.45, 2.75) is 39.3 Å². The second-order valence-corrected chi connectivity index (χ2v) is 6.98. The molecule has 1 N–H and O–H groups in total. The zero-order valence-corrected chi connectivity index (χ0v) is 15.1. The van der Waals surface area contributed by atoms with Gasteiger partial charge in [-0.05, 0) is 68.1 Å². The molecule has 0 fully saturated rings. The van der Waals surface area contributed by atoms with Crippen LogP contribution in [0.4, 0.5) is 0 Å². The van der Waals surface area contributed by atoms with Crippen molar-refractivity contribution < 1.29 is 4.74 Å². The van der Waals surface area contributed by atoms with E-state index in [-0.39, 0.29) is 0 Å². The van der Waals surface area contributed by atoms with Crippen LogP contribution in [0, 0.1) is 6.92 Å². The first kappa shape index (κ1) is 16.2. The Balaban J connectivity index is 1.69. The molecular formula is C22H26N2O. The molecule has 0 unspecified atom stereocenters. The van der Waals surface area contributed by atoms with Gasteiger partial charge in [-0.1, -0.05) is 23.8 Å². The molecule has 0 amide bonds. The van der Waals surface area contributed by atoms with E-state index in [1.807, 2.05) is 0 Å². The van der Waals surface area contributed by atoms with E-state index < -0.39 is 0 Å². The fourth-order valence-corrected chi connectivity index (χ4v) is 3.96. The van der Waals surface area contributed by atoms with Gasteiger partial charge in [0.15, 0.2) is 0 Å². The summed E-state index contributed by atoms with van der Waals surface area (Å²) in [5.74, 6) is 0.922. The SMILES string of the molecule is COc1ccc(CCn2c3c(c4cc(C)ccc42)CNCCC3)cc1. The minimum absolute atomic E-state index is 0.922. The van der Waals surface area contributed by atoms with Crippen LogP contribution in [0.5, 0.6) is 5.75 Å². The van der Waals surface area contributed by atoms with Crippen molar-refractivity contribution in [3.05, 3.63) is 64.8 Å². The van der Waals surface area contributed by atoms with E-state index in [9.17, 15) is 0 Å². The normalized spacial score (nSPS) is 14.3. The molecule has 1 aromatic heterocycles. The average molecular weight is 334 g/mol. The predicted octanol–water partition coefficient (Wildman–Crippen LogP) is 4.24. The monoisotopic (exact) mass is 334 g/mol. The molecule has 2 heterocycles. The number of hydrogen-bond donors (Lipinski definition) is 1. The first-order valence-electron chi connectivity index (χ1n) is 9.20. The zero-order valence-electron chi connectivity index (χ0n) is 15.1. The van der Waals surface area contributed by atoms with Gasteiger partial charge in [-0.3, -0.25) is 0 Å². The van der Waals surface area contributed by atoms with Gasteiger partial charge in [-0.25, -0.2) is 0 Å². The van der Waals surface area contributed by atoms with Gasteiger partial charge in [0.05, 0.1) is 7.11 Å². The van der Waals surface area contributed by atoms with Gasteiger partial charge >= 0.3 is 0 Å². The third-order valence-corrected chi connectivity index (χ3v) is 5.29. The average Bonchev–Trinajstić information content (AvgIpc) is 2.78. The molecule has 0 aliphatic carbocycles. The Morgan fingerprint density at radius 2 is 1.96 bits per heavy atom. The largest absolute Gasteiger partial charge is 0.497 e. The Morgan fingerprint density at radius 1 is 1.12 bits per heavy atom. The van der Waals surface area contributed by atoms with Crippen molar-refractivity contribution in [2.75, 3.05) is 13.7 Å². The molecule has 3 nitrogen and oxygen atoms in total. The van der Waals surface area contributed by atoms with Crippen LogP contribution in [0.2, 0.25) is 0 Å². The maximum absolute atomic E-state index is 5.26. The summed E-state index contributed by atoms with van der Waals surface area (Å²) in [5, 5.41) is 5.02. The first-order chi connectivity index (χ1) is 12.3. The highest BCUT2D eigenvalue weighted by Gasteiger charge is 2.18. The second kappa shape index (κ2) is 6.93. The Morgan fingerprint density at radius 3 is 2.76 bits per heavy atom. The van der Waals surface area contributed by atoms with E-state index in [4.69, 9.17) is 4.74 Å². The highest BCUT2D eigenvalue weighted by molar-refractivity contribution is 5.86. The molecule has 1 aliphatic rings. The van der Waals surface area contributed by atoms with Crippen LogP contribution in [0.3, 0.4) is 0 Å². The summed E-state index contributed by atoms with van der Waals surface area (Å²) in [7, 11) is 1.71. The van der Waals surface area contributed by atoms with E-state index in [0.717, 1.165) is 31.8 Å². The number of nitrogens with zero attached hydrogens (tertiary/aromatic N) is 1. The van der Waals surface area contributed by atoms with Crippen molar-refractivity contribution in [1.82, 2.24) is 9.88 Å². The number of aromatic nitrogens is 1. The Bertz CT molecular complexity index is 877. The molecule has 3 aromatic rings. The van der Waals surface area contributed by atoms with Gasteiger partial charge in [0.25, 0.3) is 0 Å². The Hall–Kier alpha value is -2.26. The number of ether oxygens (including phenoxy) is 1. The number of methoxy groups -OCH3 is 1. The lowest BCUT2D eigenvalue weighted by atomic mass is 10.1. The molecular weight excluding hydrogens is 308 g/mol. The van der Waals surface area contributed by atoms with Gasteiger partial charge in [0, 0.05) is 29.7 Å². The molecule has 0 saturated heterocycles.